The summed E-state index contributed by atoms with van der Waals surface area (Å²) in [6, 6.07) is 0.400. The number of methoxy groups -OCH3 is 1. The van der Waals surface area contributed by atoms with Crippen LogP contribution in [0.15, 0.2) is 16.3 Å². The molecule has 1 atom stereocenters. The maximum absolute atomic E-state index is 5.15. The number of nitrogens with zero attached hydrogens (tertiary/aromatic N) is 2. The number of likely N-dealkylation sites (N-methyl/N-ethyl adjacent to an activating group) is 1. The number of amidine groups is 1. The van der Waals surface area contributed by atoms with Crippen molar-refractivity contribution in [1.82, 2.24) is 4.90 Å². The largest absolute Gasteiger partial charge is 0.380 e. The monoisotopic (exact) mass is 182 g/mol. The summed E-state index contributed by atoms with van der Waals surface area (Å²) < 4.78 is 5.15. The van der Waals surface area contributed by atoms with Crippen molar-refractivity contribution in [3.05, 3.63) is 11.3 Å². The van der Waals surface area contributed by atoms with E-state index >= 15 is 0 Å². The molecule has 1 unspecified atom stereocenters. The Labute approximate surface area is 80.1 Å². The van der Waals surface area contributed by atoms with Gasteiger partial charge in [-0.25, -0.2) is 4.99 Å². The molecule has 3 heteroatoms. The van der Waals surface area contributed by atoms with Crippen molar-refractivity contribution in [2.45, 2.75) is 26.8 Å². The molecule has 0 saturated carbocycles. The highest BCUT2D eigenvalue weighted by Gasteiger charge is 2.21. The molecule has 0 bridgehead atoms. The third kappa shape index (κ3) is 1.91. The van der Waals surface area contributed by atoms with E-state index < -0.39 is 0 Å². The van der Waals surface area contributed by atoms with E-state index in [0.717, 1.165) is 11.5 Å². The molecule has 0 radical (unpaired) electrons. The van der Waals surface area contributed by atoms with E-state index in [9.17, 15) is 0 Å². The minimum Gasteiger partial charge on any atom is -0.380 e. The Kier molecular flexibility index (Phi) is 3.09. The fourth-order valence-corrected chi connectivity index (χ4v) is 1.59. The standard InChI is InChI=1S/C10H18N2O/c1-7-10(6-13-5)8(2)12(4)9(3)11-7/h8H,6H2,1-5H3. The number of ether oxygens (including phenoxy) is 1. The molecule has 3 nitrogen and oxygen atoms in total. The average Bonchev–Trinajstić information content (AvgIpc) is 2.09. The van der Waals surface area contributed by atoms with Crippen LogP contribution in [0.2, 0.25) is 0 Å². The van der Waals surface area contributed by atoms with Gasteiger partial charge in [0.2, 0.25) is 0 Å². The zero-order valence-electron chi connectivity index (χ0n) is 9.09. The van der Waals surface area contributed by atoms with Gasteiger partial charge in [-0.3, -0.25) is 0 Å². The SMILES string of the molecule is COCC1=C(C)N=C(C)N(C)C1C. The van der Waals surface area contributed by atoms with Gasteiger partial charge in [0.25, 0.3) is 0 Å². The average molecular weight is 182 g/mol. The van der Waals surface area contributed by atoms with Crippen molar-refractivity contribution >= 4 is 5.84 Å². The summed E-state index contributed by atoms with van der Waals surface area (Å²) in [7, 11) is 3.78. The molecule has 0 N–H and O–H groups in total. The van der Waals surface area contributed by atoms with E-state index in [1.807, 2.05) is 13.8 Å². The molecule has 0 aromatic rings. The first-order valence-electron chi connectivity index (χ1n) is 4.54. The second-order valence-electron chi connectivity index (χ2n) is 3.49. The Morgan fingerprint density at radius 1 is 1.46 bits per heavy atom. The lowest BCUT2D eigenvalue weighted by molar-refractivity contribution is 0.210. The van der Waals surface area contributed by atoms with Gasteiger partial charge in [-0.05, 0) is 26.3 Å². The van der Waals surface area contributed by atoms with Crippen LogP contribution >= 0.6 is 0 Å². The van der Waals surface area contributed by atoms with Crippen LogP contribution in [-0.2, 0) is 4.74 Å². The molecule has 0 aromatic heterocycles. The van der Waals surface area contributed by atoms with E-state index in [0.29, 0.717) is 12.6 Å². The topological polar surface area (TPSA) is 24.8 Å². The fraction of sp³-hybridized carbons (Fsp3) is 0.700. The van der Waals surface area contributed by atoms with Gasteiger partial charge >= 0.3 is 0 Å². The molecule has 0 aliphatic carbocycles. The van der Waals surface area contributed by atoms with Gasteiger partial charge in [-0.2, -0.15) is 0 Å². The Bertz CT molecular complexity index is 256. The molecule has 0 amide bonds. The van der Waals surface area contributed by atoms with Gasteiger partial charge in [-0.15, -0.1) is 0 Å². The van der Waals surface area contributed by atoms with Crippen LogP contribution in [0, 0.1) is 0 Å². The molecular weight excluding hydrogens is 164 g/mol. The number of rotatable bonds is 2. The Morgan fingerprint density at radius 3 is 2.62 bits per heavy atom. The summed E-state index contributed by atoms with van der Waals surface area (Å²) in [6.45, 7) is 6.93. The molecule has 13 heavy (non-hydrogen) atoms. The molecule has 1 aliphatic rings. The zero-order valence-corrected chi connectivity index (χ0v) is 9.09. The first-order chi connectivity index (χ1) is 6.07. The third-order valence-electron chi connectivity index (χ3n) is 2.69. The maximum atomic E-state index is 5.15. The first kappa shape index (κ1) is 10.3. The van der Waals surface area contributed by atoms with E-state index in [4.69, 9.17) is 4.74 Å². The molecular formula is C10H18N2O. The molecule has 74 valence electrons. The number of hydrogen-bond acceptors (Lipinski definition) is 3. The number of hydrogen-bond donors (Lipinski definition) is 0. The van der Waals surface area contributed by atoms with Crippen LogP contribution in [0.5, 0.6) is 0 Å². The molecule has 0 spiro atoms. The van der Waals surface area contributed by atoms with E-state index in [1.54, 1.807) is 7.11 Å². The quantitative estimate of drug-likeness (QED) is 0.649. The van der Waals surface area contributed by atoms with E-state index in [2.05, 4.69) is 23.9 Å². The Morgan fingerprint density at radius 2 is 2.08 bits per heavy atom. The first-order valence-corrected chi connectivity index (χ1v) is 4.54. The molecule has 0 aromatic carbocycles. The molecule has 1 aliphatic heterocycles. The number of aliphatic imine (C=N–C) groups is 1. The summed E-state index contributed by atoms with van der Waals surface area (Å²) in [6.07, 6.45) is 0. The second-order valence-corrected chi connectivity index (χ2v) is 3.49. The van der Waals surface area contributed by atoms with Gasteiger partial charge in [0, 0.05) is 19.9 Å². The van der Waals surface area contributed by atoms with Crippen molar-refractivity contribution in [2.24, 2.45) is 4.99 Å². The minimum absolute atomic E-state index is 0.400. The van der Waals surface area contributed by atoms with Crippen molar-refractivity contribution in [3.63, 3.8) is 0 Å². The van der Waals surface area contributed by atoms with Crippen LogP contribution < -0.4 is 0 Å². The third-order valence-corrected chi connectivity index (χ3v) is 2.69. The molecule has 1 rings (SSSR count). The van der Waals surface area contributed by atoms with E-state index in [-0.39, 0.29) is 0 Å². The van der Waals surface area contributed by atoms with Gasteiger partial charge in [0.05, 0.1) is 12.6 Å². The highest BCUT2D eigenvalue weighted by Crippen LogP contribution is 2.20. The van der Waals surface area contributed by atoms with Gasteiger partial charge in [-0.1, -0.05) is 0 Å². The highest BCUT2D eigenvalue weighted by atomic mass is 16.5. The van der Waals surface area contributed by atoms with Crippen molar-refractivity contribution < 1.29 is 4.74 Å². The van der Waals surface area contributed by atoms with Gasteiger partial charge in [0.15, 0.2) is 0 Å². The lowest BCUT2D eigenvalue weighted by Gasteiger charge is -2.32. The Balaban J connectivity index is 2.94. The normalized spacial score (nSPS) is 23.6. The molecule has 1 heterocycles. The maximum Gasteiger partial charge on any atom is 0.101 e. The van der Waals surface area contributed by atoms with Gasteiger partial charge in [0.1, 0.15) is 5.84 Å². The summed E-state index contributed by atoms with van der Waals surface area (Å²) in [5.41, 5.74) is 2.38. The van der Waals surface area contributed by atoms with Crippen LogP contribution in [0.25, 0.3) is 0 Å². The summed E-state index contributed by atoms with van der Waals surface area (Å²) in [5, 5.41) is 0. The van der Waals surface area contributed by atoms with Crippen molar-refractivity contribution in [1.29, 1.82) is 0 Å². The summed E-state index contributed by atoms with van der Waals surface area (Å²) in [5.74, 6) is 1.07. The van der Waals surface area contributed by atoms with Crippen LogP contribution in [-0.4, -0.2) is 37.5 Å². The number of allylic oxidation sites excluding steroid dienone is 1. The van der Waals surface area contributed by atoms with Crippen LogP contribution in [0.3, 0.4) is 0 Å². The predicted octanol–water partition coefficient (Wildman–Crippen LogP) is 1.66. The van der Waals surface area contributed by atoms with Gasteiger partial charge < -0.3 is 9.64 Å². The second kappa shape index (κ2) is 3.92. The highest BCUT2D eigenvalue weighted by molar-refractivity contribution is 5.82. The molecule has 0 saturated heterocycles. The van der Waals surface area contributed by atoms with Crippen LogP contribution in [0.1, 0.15) is 20.8 Å². The smallest absolute Gasteiger partial charge is 0.101 e. The fourth-order valence-electron chi connectivity index (χ4n) is 1.59. The lowest BCUT2D eigenvalue weighted by atomic mass is 10.0. The molecule has 0 fully saturated rings. The van der Waals surface area contributed by atoms with Crippen molar-refractivity contribution in [3.8, 4) is 0 Å². The van der Waals surface area contributed by atoms with Crippen LogP contribution in [0.4, 0.5) is 0 Å². The summed E-state index contributed by atoms with van der Waals surface area (Å²) in [4.78, 5) is 6.62. The van der Waals surface area contributed by atoms with E-state index in [1.165, 1.54) is 5.57 Å². The Hall–Kier alpha value is -0.830. The zero-order chi connectivity index (χ0) is 10.0. The minimum atomic E-state index is 0.400. The summed E-state index contributed by atoms with van der Waals surface area (Å²) >= 11 is 0. The predicted molar refractivity (Wildman–Crippen MR) is 54.9 cm³/mol. The van der Waals surface area contributed by atoms with Crippen molar-refractivity contribution in [2.75, 3.05) is 20.8 Å². The lowest BCUT2D eigenvalue weighted by Crippen LogP contribution is -2.39.